The lowest BCUT2D eigenvalue weighted by molar-refractivity contribution is 0.0970. The highest BCUT2D eigenvalue weighted by molar-refractivity contribution is 7.16. The van der Waals surface area contributed by atoms with Crippen LogP contribution in [0.25, 0.3) is 10.2 Å². The molecular formula is C22H20FN3O2S. The molecule has 0 N–H and O–H groups in total. The number of aromatic nitrogens is 3. The van der Waals surface area contributed by atoms with Gasteiger partial charge in [0.15, 0.2) is 5.78 Å². The Balaban J connectivity index is 1.54. The molecule has 0 bridgehead atoms. The molecule has 5 nitrogen and oxygen atoms in total. The van der Waals surface area contributed by atoms with Crippen molar-refractivity contribution in [1.29, 1.82) is 0 Å². The first kappa shape index (κ1) is 19.3. The van der Waals surface area contributed by atoms with Crippen LogP contribution in [0.2, 0.25) is 0 Å². The molecule has 0 spiro atoms. The van der Waals surface area contributed by atoms with E-state index in [4.69, 9.17) is 0 Å². The third-order valence-electron chi connectivity index (χ3n) is 5.18. The van der Waals surface area contributed by atoms with Crippen LogP contribution in [-0.2, 0) is 19.5 Å². The quantitative estimate of drug-likeness (QED) is 0.450. The molecule has 4 rings (SSSR count). The van der Waals surface area contributed by atoms with E-state index in [9.17, 15) is 14.0 Å². The molecule has 0 fully saturated rings. The van der Waals surface area contributed by atoms with Crippen LogP contribution in [0.1, 0.15) is 27.3 Å². The van der Waals surface area contributed by atoms with Crippen LogP contribution in [0, 0.1) is 19.7 Å². The van der Waals surface area contributed by atoms with Crippen molar-refractivity contribution in [3.05, 3.63) is 86.8 Å². The minimum Gasteiger partial charge on any atom is -0.348 e. The number of carbonyl (C=O) groups excluding carboxylic acids is 1. The van der Waals surface area contributed by atoms with Crippen LogP contribution < -0.4 is 5.56 Å². The van der Waals surface area contributed by atoms with E-state index in [2.05, 4.69) is 9.55 Å². The number of hydrogen-bond acceptors (Lipinski definition) is 4. The number of benzene rings is 1. The first-order valence-electron chi connectivity index (χ1n) is 9.31. The van der Waals surface area contributed by atoms with Gasteiger partial charge in [-0.05, 0) is 55.5 Å². The van der Waals surface area contributed by atoms with Gasteiger partial charge in [-0.2, -0.15) is 0 Å². The van der Waals surface area contributed by atoms with E-state index >= 15 is 0 Å². The van der Waals surface area contributed by atoms with Crippen molar-refractivity contribution >= 4 is 27.3 Å². The van der Waals surface area contributed by atoms with Gasteiger partial charge in [0.2, 0.25) is 0 Å². The Labute approximate surface area is 171 Å². The molecule has 0 unspecified atom stereocenters. The fourth-order valence-corrected chi connectivity index (χ4v) is 4.29. The lowest BCUT2D eigenvalue weighted by Gasteiger charge is -2.10. The second-order valence-corrected chi connectivity index (χ2v) is 7.95. The first-order chi connectivity index (χ1) is 13.9. The van der Waals surface area contributed by atoms with Gasteiger partial charge in [-0.1, -0.05) is 12.1 Å². The number of rotatable bonds is 6. The van der Waals surface area contributed by atoms with Gasteiger partial charge >= 0.3 is 0 Å². The fourth-order valence-electron chi connectivity index (χ4n) is 3.57. The van der Waals surface area contributed by atoms with Crippen LogP contribution in [-0.4, -0.2) is 19.9 Å². The number of thiophene rings is 1. The molecule has 0 aliphatic rings. The van der Waals surface area contributed by atoms with Crippen LogP contribution in [0.5, 0.6) is 0 Å². The zero-order chi connectivity index (χ0) is 20.5. The number of carbonyl (C=O) groups is 1. The highest BCUT2D eigenvalue weighted by atomic mass is 32.1. The third kappa shape index (κ3) is 3.78. The SMILES string of the molecule is Cc1cc(C(=O)Cn2cnc3sccc3c2=O)c(C)n1CCc1ccc(F)cc1. The zero-order valence-electron chi connectivity index (χ0n) is 16.2. The van der Waals surface area contributed by atoms with Crippen molar-refractivity contribution in [1.82, 2.24) is 14.1 Å². The summed E-state index contributed by atoms with van der Waals surface area (Å²) in [5.74, 6) is -0.370. The van der Waals surface area contributed by atoms with E-state index < -0.39 is 0 Å². The van der Waals surface area contributed by atoms with Gasteiger partial charge in [0, 0.05) is 23.5 Å². The molecule has 0 aliphatic carbocycles. The van der Waals surface area contributed by atoms with E-state index in [0.717, 1.165) is 23.4 Å². The molecule has 0 saturated carbocycles. The molecule has 0 saturated heterocycles. The van der Waals surface area contributed by atoms with Crippen molar-refractivity contribution < 1.29 is 9.18 Å². The number of Topliss-reactive ketones (excluding diaryl/α,β-unsaturated/α-hetero) is 1. The molecule has 0 aliphatic heterocycles. The summed E-state index contributed by atoms with van der Waals surface area (Å²) in [5, 5.41) is 2.36. The van der Waals surface area contributed by atoms with Crippen LogP contribution in [0.4, 0.5) is 4.39 Å². The predicted molar refractivity (Wildman–Crippen MR) is 112 cm³/mol. The lowest BCUT2D eigenvalue weighted by Crippen LogP contribution is -2.24. The van der Waals surface area contributed by atoms with E-state index in [1.165, 1.54) is 34.4 Å². The standard InChI is InChI=1S/C22H20FN3O2S/c1-14-11-19(15(2)26(14)9-7-16-3-5-17(23)6-4-16)20(27)12-25-13-24-21-18(22(25)28)8-10-29-21/h3-6,8,10-11,13H,7,9,12H2,1-2H3. The van der Waals surface area contributed by atoms with Crippen molar-refractivity contribution in [2.75, 3.05) is 0 Å². The highest BCUT2D eigenvalue weighted by Gasteiger charge is 2.17. The Morgan fingerprint density at radius 3 is 2.69 bits per heavy atom. The maximum atomic E-state index is 13.1. The average molecular weight is 409 g/mol. The topological polar surface area (TPSA) is 56.9 Å². The number of aryl methyl sites for hydroxylation is 2. The molecule has 7 heteroatoms. The van der Waals surface area contributed by atoms with Crippen molar-refractivity contribution in [3.63, 3.8) is 0 Å². The molecule has 3 heterocycles. The summed E-state index contributed by atoms with van der Waals surface area (Å²) in [6.07, 6.45) is 2.18. The second kappa shape index (κ2) is 7.75. The maximum Gasteiger partial charge on any atom is 0.262 e. The number of ketones is 1. The Hall–Kier alpha value is -3.06. The fraction of sp³-hybridized carbons (Fsp3) is 0.227. The molecule has 3 aromatic heterocycles. The number of hydrogen-bond donors (Lipinski definition) is 0. The molecule has 0 atom stereocenters. The minimum atomic E-state index is -0.250. The van der Waals surface area contributed by atoms with Gasteiger partial charge in [-0.15, -0.1) is 11.3 Å². The van der Waals surface area contributed by atoms with Gasteiger partial charge in [-0.3, -0.25) is 14.2 Å². The average Bonchev–Trinajstić information content (AvgIpc) is 3.29. The Bertz CT molecular complexity index is 1250. The molecule has 148 valence electrons. The van der Waals surface area contributed by atoms with Crippen molar-refractivity contribution in [2.24, 2.45) is 0 Å². The van der Waals surface area contributed by atoms with Crippen LogP contribution in [0.15, 0.2) is 52.9 Å². The summed E-state index contributed by atoms with van der Waals surface area (Å²) >= 11 is 1.40. The smallest absolute Gasteiger partial charge is 0.262 e. The Morgan fingerprint density at radius 1 is 1.17 bits per heavy atom. The Morgan fingerprint density at radius 2 is 1.93 bits per heavy atom. The number of halogens is 1. The maximum absolute atomic E-state index is 13.1. The normalized spacial score (nSPS) is 11.3. The predicted octanol–water partition coefficient (Wildman–Crippen LogP) is 4.14. The summed E-state index contributed by atoms with van der Waals surface area (Å²) in [5.41, 5.74) is 3.29. The first-order valence-corrected chi connectivity index (χ1v) is 10.2. The highest BCUT2D eigenvalue weighted by Crippen LogP contribution is 2.18. The van der Waals surface area contributed by atoms with Gasteiger partial charge < -0.3 is 4.57 Å². The second-order valence-electron chi connectivity index (χ2n) is 7.05. The summed E-state index contributed by atoms with van der Waals surface area (Å²) in [6.45, 7) is 4.52. The van der Waals surface area contributed by atoms with Crippen LogP contribution in [0.3, 0.4) is 0 Å². The summed E-state index contributed by atoms with van der Waals surface area (Å²) in [4.78, 5) is 30.4. The molecule has 1 aromatic carbocycles. The van der Waals surface area contributed by atoms with Crippen molar-refractivity contribution in [3.8, 4) is 0 Å². The Kier molecular flexibility index (Phi) is 5.15. The molecule has 29 heavy (non-hydrogen) atoms. The van der Waals surface area contributed by atoms with E-state index in [1.807, 2.05) is 25.3 Å². The summed E-state index contributed by atoms with van der Waals surface area (Å²) < 4.78 is 16.5. The zero-order valence-corrected chi connectivity index (χ0v) is 17.0. The van der Waals surface area contributed by atoms with Gasteiger partial charge in [0.1, 0.15) is 10.6 Å². The van der Waals surface area contributed by atoms with E-state index in [-0.39, 0.29) is 23.7 Å². The number of fused-ring (bicyclic) bond motifs is 1. The van der Waals surface area contributed by atoms with Gasteiger partial charge in [0.25, 0.3) is 5.56 Å². The molecule has 0 radical (unpaired) electrons. The minimum absolute atomic E-state index is 0.0418. The molecular weight excluding hydrogens is 389 g/mol. The summed E-state index contributed by atoms with van der Waals surface area (Å²) in [6, 6.07) is 10.1. The van der Waals surface area contributed by atoms with Crippen LogP contribution >= 0.6 is 11.3 Å². The van der Waals surface area contributed by atoms with Gasteiger partial charge in [0.05, 0.1) is 18.3 Å². The summed E-state index contributed by atoms with van der Waals surface area (Å²) in [7, 11) is 0. The monoisotopic (exact) mass is 409 g/mol. The molecule has 0 amide bonds. The van der Waals surface area contributed by atoms with Gasteiger partial charge in [-0.25, -0.2) is 9.37 Å². The van der Waals surface area contributed by atoms with E-state index in [1.54, 1.807) is 18.2 Å². The van der Waals surface area contributed by atoms with Crippen molar-refractivity contribution in [2.45, 2.75) is 33.4 Å². The third-order valence-corrected chi connectivity index (χ3v) is 6.00. The lowest BCUT2D eigenvalue weighted by atomic mass is 10.1. The largest absolute Gasteiger partial charge is 0.348 e. The molecule has 4 aromatic rings. The number of nitrogens with zero attached hydrogens (tertiary/aromatic N) is 3. The van der Waals surface area contributed by atoms with E-state index in [0.29, 0.717) is 22.3 Å².